The molecule has 118 valence electrons. The molecule has 0 spiro atoms. The van der Waals surface area contributed by atoms with E-state index in [1.807, 2.05) is 0 Å². The van der Waals surface area contributed by atoms with Gasteiger partial charge in [0.25, 0.3) is 5.91 Å². The minimum absolute atomic E-state index is 0.151. The molecule has 0 bridgehead atoms. The zero-order valence-corrected chi connectivity index (χ0v) is 13.6. The molecule has 3 rings (SSSR count). The van der Waals surface area contributed by atoms with Crippen molar-refractivity contribution in [3.63, 3.8) is 0 Å². The topological polar surface area (TPSA) is 58.2 Å². The van der Waals surface area contributed by atoms with E-state index in [9.17, 15) is 9.59 Å². The molecule has 6 heteroatoms. The predicted molar refractivity (Wildman–Crippen MR) is 87.3 cm³/mol. The van der Waals surface area contributed by atoms with Gasteiger partial charge < -0.3 is 10.6 Å². The van der Waals surface area contributed by atoms with Crippen molar-refractivity contribution in [3.8, 4) is 0 Å². The molecule has 0 aliphatic heterocycles. The van der Waals surface area contributed by atoms with Crippen molar-refractivity contribution in [1.82, 2.24) is 5.32 Å². The number of benzene rings is 1. The predicted octanol–water partition coefficient (Wildman–Crippen LogP) is 3.49. The van der Waals surface area contributed by atoms with Crippen LogP contribution in [-0.4, -0.2) is 22.2 Å². The summed E-state index contributed by atoms with van der Waals surface area (Å²) in [6, 6.07) is 7.22. The molecule has 0 heterocycles. The molecule has 2 fully saturated rings. The second kappa shape index (κ2) is 6.09. The fourth-order valence-corrected chi connectivity index (χ4v) is 3.35. The molecule has 2 aliphatic rings. The summed E-state index contributed by atoms with van der Waals surface area (Å²) in [5.74, 6) is -0.811. The number of carbonyl (C=O) groups is 2. The Labute approximate surface area is 139 Å². The largest absolute Gasteiger partial charge is 0.349 e. The molecule has 1 aromatic rings. The number of amides is 2. The normalized spacial score (nSPS) is 23.1. The molecule has 2 saturated carbocycles. The van der Waals surface area contributed by atoms with Gasteiger partial charge >= 0.3 is 0 Å². The molecule has 1 aromatic carbocycles. The fraction of sp³-hybridized carbons (Fsp3) is 0.500. The van der Waals surface area contributed by atoms with Crippen LogP contribution in [0.2, 0.25) is 0 Å². The van der Waals surface area contributed by atoms with E-state index >= 15 is 0 Å². The lowest BCUT2D eigenvalue weighted by atomic mass is 10.1. The molecule has 0 unspecified atom stereocenters. The number of hydrogen-bond acceptors (Lipinski definition) is 2. The summed E-state index contributed by atoms with van der Waals surface area (Å²) in [4.78, 5) is 24.5. The van der Waals surface area contributed by atoms with Crippen molar-refractivity contribution in [2.24, 2.45) is 5.92 Å². The highest BCUT2D eigenvalue weighted by molar-refractivity contribution is 6.52. The fourth-order valence-electron chi connectivity index (χ4n) is 2.84. The minimum Gasteiger partial charge on any atom is -0.349 e. The lowest BCUT2D eigenvalue weighted by molar-refractivity contribution is -0.117. The second-order valence-corrected chi connectivity index (χ2v) is 7.55. The number of carbonyl (C=O) groups excluding carboxylic acids is 2. The van der Waals surface area contributed by atoms with Crippen molar-refractivity contribution >= 4 is 40.7 Å². The standard InChI is InChI=1S/C16H18Cl2N2O2/c17-16(18)9-12(16)15(22)20-13-8-4-3-7-11(13)14(21)19-10-5-1-2-6-10/h3-4,7-8,10,12H,1-2,5-6,9H2,(H,19,21)(H,20,22)/t12-/m1/s1. The number of rotatable bonds is 4. The first-order chi connectivity index (χ1) is 10.5. The van der Waals surface area contributed by atoms with E-state index in [1.54, 1.807) is 24.3 Å². The lowest BCUT2D eigenvalue weighted by Gasteiger charge is -2.15. The Hall–Kier alpha value is -1.26. The van der Waals surface area contributed by atoms with Crippen LogP contribution >= 0.6 is 23.2 Å². The number of nitrogens with one attached hydrogen (secondary N) is 2. The van der Waals surface area contributed by atoms with Crippen LogP contribution in [0.1, 0.15) is 42.5 Å². The SMILES string of the molecule is O=C(NC1CCCC1)c1ccccc1NC(=O)[C@H]1CC1(Cl)Cl. The van der Waals surface area contributed by atoms with Crippen LogP contribution in [-0.2, 0) is 4.79 Å². The Morgan fingerprint density at radius 1 is 1.14 bits per heavy atom. The van der Waals surface area contributed by atoms with Crippen LogP contribution < -0.4 is 10.6 Å². The molecule has 0 radical (unpaired) electrons. The third-order valence-corrected chi connectivity index (χ3v) is 5.10. The summed E-state index contributed by atoms with van der Waals surface area (Å²) in [7, 11) is 0. The average molecular weight is 341 g/mol. The maximum Gasteiger partial charge on any atom is 0.253 e. The number of alkyl halides is 2. The van der Waals surface area contributed by atoms with E-state index in [4.69, 9.17) is 23.2 Å². The molecule has 4 nitrogen and oxygen atoms in total. The number of anilines is 1. The van der Waals surface area contributed by atoms with E-state index in [0.29, 0.717) is 17.7 Å². The third-order valence-electron chi connectivity index (χ3n) is 4.26. The minimum atomic E-state index is -0.967. The van der Waals surface area contributed by atoms with Crippen LogP contribution in [0.25, 0.3) is 0 Å². The molecular formula is C16H18Cl2N2O2. The summed E-state index contributed by atoms with van der Waals surface area (Å²) in [6.45, 7) is 0. The van der Waals surface area contributed by atoms with Gasteiger partial charge in [0.05, 0.1) is 17.2 Å². The van der Waals surface area contributed by atoms with Crippen molar-refractivity contribution in [1.29, 1.82) is 0 Å². The molecule has 1 atom stereocenters. The van der Waals surface area contributed by atoms with Gasteiger partial charge in [-0.3, -0.25) is 9.59 Å². The Morgan fingerprint density at radius 3 is 2.41 bits per heavy atom. The molecule has 0 aromatic heterocycles. The quantitative estimate of drug-likeness (QED) is 0.824. The first-order valence-electron chi connectivity index (χ1n) is 7.56. The Balaban J connectivity index is 1.69. The first-order valence-corrected chi connectivity index (χ1v) is 8.31. The number of para-hydroxylation sites is 1. The van der Waals surface area contributed by atoms with E-state index in [-0.39, 0.29) is 17.9 Å². The summed E-state index contributed by atoms with van der Waals surface area (Å²) >= 11 is 11.8. The van der Waals surface area contributed by atoms with Gasteiger partial charge in [-0.25, -0.2) is 0 Å². The van der Waals surface area contributed by atoms with E-state index < -0.39 is 10.3 Å². The maximum atomic E-state index is 12.4. The van der Waals surface area contributed by atoms with Crippen molar-refractivity contribution < 1.29 is 9.59 Å². The summed E-state index contributed by atoms with van der Waals surface area (Å²) in [6.07, 6.45) is 4.78. The van der Waals surface area contributed by atoms with Crippen LogP contribution in [0.15, 0.2) is 24.3 Å². The zero-order valence-electron chi connectivity index (χ0n) is 12.1. The molecule has 2 N–H and O–H groups in total. The van der Waals surface area contributed by atoms with Gasteiger partial charge in [-0.2, -0.15) is 0 Å². The van der Waals surface area contributed by atoms with Crippen LogP contribution in [0, 0.1) is 5.92 Å². The van der Waals surface area contributed by atoms with Gasteiger partial charge in [0, 0.05) is 6.04 Å². The first kappa shape index (κ1) is 15.6. The second-order valence-electron chi connectivity index (χ2n) is 6.01. The Bertz CT molecular complexity index is 598. The third kappa shape index (κ3) is 3.39. The molecule has 22 heavy (non-hydrogen) atoms. The van der Waals surface area contributed by atoms with E-state index in [2.05, 4.69) is 10.6 Å². The maximum absolute atomic E-state index is 12.4. The summed E-state index contributed by atoms with van der Waals surface area (Å²) in [5, 5.41) is 5.79. The van der Waals surface area contributed by atoms with Crippen molar-refractivity contribution in [2.75, 3.05) is 5.32 Å². The van der Waals surface area contributed by atoms with Gasteiger partial charge in [-0.1, -0.05) is 25.0 Å². The lowest BCUT2D eigenvalue weighted by Crippen LogP contribution is -2.33. The number of hydrogen-bond donors (Lipinski definition) is 2. The average Bonchev–Trinajstić information content (AvgIpc) is 2.86. The van der Waals surface area contributed by atoms with Gasteiger partial charge in [-0.05, 0) is 31.4 Å². The van der Waals surface area contributed by atoms with Gasteiger partial charge in [-0.15, -0.1) is 23.2 Å². The highest BCUT2D eigenvalue weighted by Gasteiger charge is 2.56. The van der Waals surface area contributed by atoms with Crippen LogP contribution in [0.4, 0.5) is 5.69 Å². The van der Waals surface area contributed by atoms with E-state index in [0.717, 1.165) is 25.7 Å². The molecule has 2 amide bonds. The summed E-state index contributed by atoms with van der Waals surface area (Å²) < 4.78 is -0.967. The van der Waals surface area contributed by atoms with Crippen molar-refractivity contribution in [2.45, 2.75) is 42.5 Å². The van der Waals surface area contributed by atoms with E-state index in [1.165, 1.54) is 0 Å². The Morgan fingerprint density at radius 2 is 1.77 bits per heavy atom. The Kier molecular flexibility index (Phi) is 4.33. The zero-order chi connectivity index (χ0) is 15.7. The molecule has 0 saturated heterocycles. The summed E-state index contributed by atoms with van der Waals surface area (Å²) in [5.41, 5.74) is 0.970. The molecule has 2 aliphatic carbocycles. The monoisotopic (exact) mass is 340 g/mol. The van der Waals surface area contributed by atoms with Crippen LogP contribution in [0.3, 0.4) is 0 Å². The van der Waals surface area contributed by atoms with Crippen molar-refractivity contribution in [3.05, 3.63) is 29.8 Å². The van der Waals surface area contributed by atoms with Gasteiger partial charge in [0.1, 0.15) is 4.33 Å². The van der Waals surface area contributed by atoms with Gasteiger partial charge in [0.15, 0.2) is 0 Å². The smallest absolute Gasteiger partial charge is 0.253 e. The number of halogens is 2. The highest BCUT2D eigenvalue weighted by Crippen LogP contribution is 2.53. The highest BCUT2D eigenvalue weighted by atomic mass is 35.5. The molecular weight excluding hydrogens is 323 g/mol. The van der Waals surface area contributed by atoms with Gasteiger partial charge in [0.2, 0.25) is 5.91 Å². The van der Waals surface area contributed by atoms with Crippen LogP contribution in [0.5, 0.6) is 0 Å².